The van der Waals surface area contributed by atoms with E-state index < -0.39 is 10.0 Å². The van der Waals surface area contributed by atoms with E-state index in [1.165, 1.54) is 4.88 Å². The maximum atomic E-state index is 12.7. The number of hydrogen-bond acceptors (Lipinski definition) is 4. The molecular weight excluding hydrogens is 304 g/mol. The first-order chi connectivity index (χ1) is 9.98. The normalized spacial score (nSPS) is 17.4. The molecule has 3 rings (SSSR count). The molecule has 0 fully saturated rings. The van der Waals surface area contributed by atoms with Crippen molar-refractivity contribution >= 4 is 21.4 Å². The largest absolute Gasteiger partial charge is 0.324 e. The molecule has 0 bridgehead atoms. The number of rotatable bonds is 3. The molecule has 0 spiro atoms. The lowest BCUT2D eigenvalue weighted by molar-refractivity contribution is 0.394. The second kappa shape index (κ2) is 5.53. The van der Waals surface area contributed by atoms with Crippen LogP contribution in [0.5, 0.6) is 0 Å². The first-order valence-electron chi connectivity index (χ1n) is 6.89. The number of thiophene rings is 1. The van der Waals surface area contributed by atoms with Crippen molar-refractivity contribution in [3.63, 3.8) is 0 Å². The molecule has 1 unspecified atom stereocenters. The molecule has 21 heavy (non-hydrogen) atoms. The van der Waals surface area contributed by atoms with Crippen molar-refractivity contribution in [2.75, 3.05) is 6.54 Å². The van der Waals surface area contributed by atoms with E-state index in [1.807, 2.05) is 18.4 Å². The molecule has 4 nitrogen and oxygen atoms in total. The Labute approximate surface area is 129 Å². The number of nitrogens with two attached hydrogens (primary N) is 1. The molecule has 0 aliphatic carbocycles. The Hall–Kier alpha value is -1.21. The monoisotopic (exact) mass is 322 g/mol. The van der Waals surface area contributed by atoms with Crippen molar-refractivity contribution in [2.24, 2.45) is 5.73 Å². The van der Waals surface area contributed by atoms with Crippen LogP contribution in [0.1, 0.15) is 29.0 Å². The number of hydrogen-bond donors (Lipinski definition) is 1. The van der Waals surface area contributed by atoms with Gasteiger partial charge in [0.25, 0.3) is 0 Å². The quantitative estimate of drug-likeness (QED) is 0.944. The van der Waals surface area contributed by atoms with E-state index in [2.05, 4.69) is 0 Å². The molecular formula is C15H18N2O2S2. The molecule has 0 amide bonds. The van der Waals surface area contributed by atoms with Crippen LogP contribution in [0.4, 0.5) is 0 Å². The van der Waals surface area contributed by atoms with Gasteiger partial charge in [-0.3, -0.25) is 0 Å². The molecule has 2 heterocycles. The van der Waals surface area contributed by atoms with Gasteiger partial charge in [0, 0.05) is 24.0 Å². The van der Waals surface area contributed by atoms with Gasteiger partial charge < -0.3 is 5.73 Å². The first kappa shape index (κ1) is 14.7. The summed E-state index contributed by atoms with van der Waals surface area (Å²) >= 11 is 1.70. The zero-order valence-electron chi connectivity index (χ0n) is 11.8. The molecule has 0 saturated heterocycles. The minimum absolute atomic E-state index is 0.0925. The van der Waals surface area contributed by atoms with Crippen LogP contribution in [0.15, 0.2) is 40.6 Å². The van der Waals surface area contributed by atoms with E-state index in [4.69, 9.17) is 5.73 Å². The zero-order chi connectivity index (χ0) is 15.0. The highest BCUT2D eigenvalue weighted by molar-refractivity contribution is 7.89. The van der Waals surface area contributed by atoms with Crippen LogP contribution in [-0.2, 0) is 23.0 Å². The molecule has 2 N–H and O–H groups in total. The Balaban J connectivity index is 1.87. The molecule has 112 valence electrons. The molecule has 1 atom stereocenters. The van der Waals surface area contributed by atoms with E-state index in [0.717, 1.165) is 17.5 Å². The summed E-state index contributed by atoms with van der Waals surface area (Å²) in [6, 6.07) is 8.80. The molecule has 1 aromatic carbocycles. The molecule has 0 radical (unpaired) electrons. The Morgan fingerprint density at radius 1 is 1.24 bits per heavy atom. The van der Waals surface area contributed by atoms with Crippen LogP contribution in [-0.4, -0.2) is 19.3 Å². The standard InChI is InChI=1S/C15H18N2O2S2/c1-11(16)12-2-4-14(5-3-12)21(18,19)17-8-6-15-13(10-17)7-9-20-15/h2-5,7,9,11H,6,8,10,16H2,1H3. The summed E-state index contributed by atoms with van der Waals surface area (Å²) in [5.74, 6) is 0. The van der Waals surface area contributed by atoms with Gasteiger partial charge >= 0.3 is 0 Å². The number of benzene rings is 1. The lowest BCUT2D eigenvalue weighted by atomic mass is 10.1. The molecule has 1 aliphatic rings. The van der Waals surface area contributed by atoms with E-state index in [1.54, 1.807) is 39.9 Å². The average molecular weight is 322 g/mol. The van der Waals surface area contributed by atoms with Crippen molar-refractivity contribution < 1.29 is 8.42 Å². The third kappa shape index (κ3) is 2.76. The SMILES string of the molecule is CC(N)c1ccc(S(=O)(=O)N2CCc3sccc3C2)cc1. The number of nitrogens with zero attached hydrogens (tertiary/aromatic N) is 1. The predicted molar refractivity (Wildman–Crippen MR) is 84.7 cm³/mol. The van der Waals surface area contributed by atoms with Crippen molar-refractivity contribution in [1.29, 1.82) is 0 Å². The Morgan fingerprint density at radius 2 is 1.95 bits per heavy atom. The topological polar surface area (TPSA) is 63.4 Å². The van der Waals surface area contributed by atoms with Crippen LogP contribution in [0.25, 0.3) is 0 Å². The summed E-state index contributed by atoms with van der Waals surface area (Å²) in [5.41, 5.74) is 7.86. The van der Waals surface area contributed by atoms with E-state index >= 15 is 0 Å². The second-order valence-corrected chi connectivity index (χ2v) is 8.25. The zero-order valence-corrected chi connectivity index (χ0v) is 13.5. The lowest BCUT2D eigenvalue weighted by Gasteiger charge is -2.26. The minimum Gasteiger partial charge on any atom is -0.324 e. The molecule has 0 saturated carbocycles. The maximum Gasteiger partial charge on any atom is 0.243 e. The van der Waals surface area contributed by atoms with Crippen LogP contribution in [0.3, 0.4) is 0 Å². The predicted octanol–water partition coefficient (Wildman–Crippen LogP) is 2.51. The third-order valence-electron chi connectivity index (χ3n) is 3.82. The Kier molecular flexibility index (Phi) is 3.88. The number of fused-ring (bicyclic) bond motifs is 1. The highest BCUT2D eigenvalue weighted by atomic mass is 32.2. The smallest absolute Gasteiger partial charge is 0.243 e. The highest BCUT2D eigenvalue weighted by Crippen LogP contribution is 2.28. The van der Waals surface area contributed by atoms with E-state index in [0.29, 0.717) is 18.0 Å². The van der Waals surface area contributed by atoms with Crippen LogP contribution in [0, 0.1) is 0 Å². The van der Waals surface area contributed by atoms with E-state index in [9.17, 15) is 8.42 Å². The van der Waals surface area contributed by atoms with Gasteiger partial charge in [-0.05, 0) is 48.1 Å². The summed E-state index contributed by atoms with van der Waals surface area (Å²) < 4.78 is 27.0. The molecule has 6 heteroatoms. The fourth-order valence-electron chi connectivity index (χ4n) is 2.52. The van der Waals surface area contributed by atoms with E-state index in [-0.39, 0.29) is 6.04 Å². The van der Waals surface area contributed by atoms with Gasteiger partial charge in [-0.1, -0.05) is 12.1 Å². The van der Waals surface area contributed by atoms with Gasteiger partial charge in [-0.2, -0.15) is 4.31 Å². The molecule has 1 aliphatic heterocycles. The highest BCUT2D eigenvalue weighted by Gasteiger charge is 2.28. The summed E-state index contributed by atoms with van der Waals surface area (Å²) in [5, 5.41) is 2.03. The van der Waals surface area contributed by atoms with Gasteiger partial charge in [0.05, 0.1) is 4.90 Å². The Morgan fingerprint density at radius 3 is 2.62 bits per heavy atom. The summed E-state index contributed by atoms with van der Waals surface area (Å²) in [6.07, 6.45) is 0.796. The van der Waals surface area contributed by atoms with Crippen LogP contribution < -0.4 is 5.73 Å². The van der Waals surface area contributed by atoms with Crippen molar-refractivity contribution in [1.82, 2.24) is 4.31 Å². The second-order valence-electron chi connectivity index (χ2n) is 5.32. The van der Waals surface area contributed by atoms with Crippen molar-refractivity contribution in [3.8, 4) is 0 Å². The summed E-state index contributed by atoms with van der Waals surface area (Å²) in [7, 11) is -3.43. The van der Waals surface area contributed by atoms with Gasteiger partial charge in [0.1, 0.15) is 0 Å². The molecule has 1 aromatic heterocycles. The summed E-state index contributed by atoms with van der Waals surface area (Å²) in [4.78, 5) is 1.64. The van der Waals surface area contributed by atoms with Gasteiger partial charge in [0.2, 0.25) is 10.0 Å². The average Bonchev–Trinajstić information content (AvgIpc) is 2.94. The van der Waals surface area contributed by atoms with Gasteiger partial charge in [-0.15, -0.1) is 11.3 Å². The Bertz CT molecular complexity index is 733. The fourth-order valence-corrected chi connectivity index (χ4v) is 4.83. The van der Waals surface area contributed by atoms with Crippen molar-refractivity contribution in [3.05, 3.63) is 51.7 Å². The maximum absolute atomic E-state index is 12.7. The lowest BCUT2D eigenvalue weighted by Crippen LogP contribution is -2.35. The van der Waals surface area contributed by atoms with Crippen molar-refractivity contribution in [2.45, 2.75) is 30.8 Å². The van der Waals surface area contributed by atoms with Gasteiger partial charge in [-0.25, -0.2) is 8.42 Å². The summed E-state index contributed by atoms with van der Waals surface area (Å²) in [6.45, 7) is 2.90. The minimum atomic E-state index is -3.43. The molecule has 2 aromatic rings. The fraction of sp³-hybridized carbons (Fsp3) is 0.333. The third-order valence-corrected chi connectivity index (χ3v) is 6.70. The van der Waals surface area contributed by atoms with Gasteiger partial charge in [0.15, 0.2) is 0 Å². The first-order valence-corrected chi connectivity index (χ1v) is 9.21. The number of sulfonamides is 1. The van der Waals surface area contributed by atoms with Crippen LogP contribution in [0.2, 0.25) is 0 Å². The van der Waals surface area contributed by atoms with Crippen LogP contribution >= 0.6 is 11.3 Å².